The smallest absolute Gasteiger partial charge is 0.219 e. The monoisotopic (exact) mass is 236 g/mol. The molecule has 0 unspecified atom stereocenters. The van der Waals surface area contributed by atoms with E-state index >= 15 is 0 Å². The minimum absolute atomic E-state index is 0.569. The first-order valence-electron chi connectivity index (χ1n) is 6.13. The highest BCUT2D eigenvalue weighted by Gasteiger charge is 2.21. The van der Waals surface area contributed by atoms with Crippen molar-refractivity contribution in [1.82, 2.24) is 14.9 Å². The Morgan fingerprint density at radius 2 is 2.24 bits per heavy atom. The van der Waals surface area contributed by atoms with E-state index in [0.29, 0.717) is 13.0 Å². The number of likely N-dealkylation sites (N-methyl/N-ethyl adjacent to an activating group) is 1. The van der Waals surface area contributed by atoms with Crippen LogP contribution < -0.4 is 10.5 Å². The number of hydrogen-bond donors (Lipinski definition) is 1. The first-order valence-corrected chi connectivity index (χ1v) is 6.13. The predicted octanol–water partition coefficient (Wildman–Crippen LogP) is 0.364. The van der Waals surface area contributed by atoms with Crippen LogP contribution in [0.5, 0.6) is 5.88 Å². The minimum Gasteiger partial charge on any atom is -0.481 e. The Balaban J connectivity index is 2.33. The summed E-state index contributed by atoms with van der Waals surface area (Å²) >= 11 is 0. The number of nitrogens with two attached hydrogens (primary N) is 1. The minimum atomic E-state index is 0.569. The number of methoxy groups -OCH3 is 1. The van der Waals surface area contributed by atoms with E-state index in [0.717, 1.165) is 49.0 Å². The van der Waals surface area contributed by atoms with Crippen LogP contribution in [-0.2, 0) is 19.4 Å². The van der Waals surface area contributed by atoms with E-state index < -0.39 is 0 Å². The van der Waals surface area contributed by atoms with Crippen LogP contribution in [0.1, 0.15) is 24.0 Å². The quantitative estimate of drug-likeness (QED) is 0.818. The molecule has 0 bridgehead atoms. The first-order chi connectivity index (χ1) is 8.28. The fraction of sp³-hybridized carbons (Fsp3) is 0.667. The van der Waals surface area contributed by atoms with Crippen molar-refractivity contribution >= 4 is 0 Å². The zero-order valence-corrected chi connectivity index (χ0v) is 10.6. The van der Waals surface area contributed by atoms with Gasteiger partial charge in [-0.15, -0.1) is 0 Å². The standard InChI is InChI=1S/C12H20N4O/c1-3-16-7-5-9-10(8-16)14-11(4-6-13)15-12(9)17-2/h3-8,13H2,1-2H3. The van der Waals surface area contributed by atoms with E-state index in [4.69, 9.17) is 10.5 Å². The second-order valence-electron chi connectivity index (χ2n) is 4.23. The number of nitrogens with zero attached hydrogens (tertiary/aromatic N) is 3. The Hall–Kier alpha value is -1.20. The molecule has 0 amide bonds. The molecule has 94 valence electrons. The summed E-state index contributed by atoms with van der Waals surface area (Å²) in [6, 6.07) is 0. The van der Waals surface area contributed by atoms with Crippen molar-refractivity contribution in [3.63, 3.8) is 0 Å². The Labute approximate surface area is 102 Å². The topological polar surface area (TPSA) is 64.3 Å². The summed E-state index contributed by atoms with van der Waals surface area (Å²) in [5.74, 6) is 1.52. The molecule has 1 aliphatic rings. The van der Waals surface area contributed by atoms with Crippen LogP contribution in [0.15, 0.2) is 0 Å². The van der Waals surface area contributed by atoms with Gasteiger partial charge in [-0.2, -0.15) is 4.98 Å². The fourth-order valence-corrected chi connectivity index (χ4v) is 2.18. The maximum atomic E-state index is 5.55. The largest absolute Gasteiger partial charge is 0.481 e. The first kappa shape index (κ1) is 12.3. The molecular formula is C12H20N4O. The Kier molecular flexibility index (Phi) is 3.91. The number of fused-ring (bicyclic) bond motifs is 1. The zero-order chi connectivity index (χ0) is 12.3. The van der Waals surface area contributed by atoms with Crippen molar-refractivity contribution in [1.29, 1.82) is 0 Å². The Morgan fingerprint density at radius 3 is 2.88 bits per heavy atom. The van der Waals surface area contributed by atoms with E-state index in [-0.39, 0.29) is 0 Å². The van der Waals surface area contributed by atoms with Crippen LogP contribution in [0, 0.1) is 0 Å². The van der Waals surface area contributed by atoms with Crippen LogP contribution in [0.4, 0.5) is 0 Å². The summed E-state index contributed by atoms with van der Waals surface area (Å²) < 4.78 is 5.36. The molecule has 5 nitrogen and oxygen atoms in total. The van der Waals surface area contributed by atoms with Gasteiger partial charge in [0.25, 0.3) is 0 Å². The molecular weight excluding hydrogens is 216 g/mol. The maximum Gasteiger partial charge on any atom is 0.219 e. The third-order valence-corrected chi connectivity index (χ3v) is 3.16. The SMILES string of the molecule is CCN1CCc2c(nc(CCN)nc2OC)C1. The van der Waals surface area contributed by atoms with E-state index in [1.807, 2.05) is 0 Å². The molecule has 0 spiro atoms. The highest BCUT2D eigenvalue weighted by molar-refractivity contribution is 5.33. The van der Waals surface area contributed by atoms with Gasteiger partial charge in [-0.25, -0.2) is 4.98 Å². The predicted molar refractivity (Wildman–Crippen MR) is 66.0 cm³/mol. The zero-order valence-electron chi connectivity index (χ0n) is 10.6. The Morgan fingerprint density at radius 1 is 1.41 bits per heavy atom. The number of hydrogen-bond acceptors (Lipinski definition) is 5. The van der Waals surface area contributed by atoms with Gasteiger partial charge < -0.3 is 10.5 Å². The molecule has 0 fully saturated rings. The van der Waals surface area contributed by atoms with Crippen molar-refractivity contribution < 1.29 is 4.74 Å². The Bertz CT molecular complexity index is 394. The highest BCUT2D eigenvalue weighted by Crippen LogP contribution is 2.24. The van der Waals surface area contributed by atoms with Crippen LogP contribution in [0.3, 0.4) is 0 Å². The van der Waals surface area contributed by atoms with Crippen molar-refractivity contribution in [2.45, 2.75) is 26.3 Å². The molecule has 1 aliphatic heterocycles. The molecule has 0 saturated heterocycles. The lowest BCUT2D eigenvalue weighted by Crippen LogP contribution is -2.32. The summed E-state index contributed by atoms with van der Waals surface area (Å²) in [5.41, 5.74) is 7.82. The van der Waals surface area contributed by atoms with Crippen molar-refractivity contribution in [2.24, 2.45) is 5.73 Å². The van der Waals surface area contributed by atoms with Crippen molar-refractivity contribution in [2.75, 3.05) is 26.7 Å². The van der Waals surface area contributed by atoms with Crippen molar-refractivity contribution in [3.05, 3.63) is 17.1 Å². The molecule has 0 atom stereocenters. The summed E-state index contributed by atoms with van der Waals surface area (Å²) in [6.07, 6.45) is 1.67. The average Bonchev–Trinajstić information content (AvgIpc) is 2.37. The molecule has 2 N–H and O–H groups in total. The third-order valence-electron chi connectivity index (χ3n) is 3.16. The molecule has 2 heterocycles. The number of rotatable bonds is 4. The summed E-state index contributed by atoms with van der Waals surface area (Å²) in [6.45, 7) is 5.74. The van der Waals surface area contributed by atoms with Gasteiger partial charge in [-0.1, -0.05) is 6.92 Å². The van der Waals surface area contributed by atoms with Crippen LogP contribution >= 0.6 is 0 Å². The van der Waals surface area contributed by atoms with Gasteiger partial charge in [0.05, 0.1) is 12.8 Å². The summed E-state index contributed by atoms with van der Waals surface area (Å²) in [4.78, 5) is 11.4. The average molecular weight is 236 g/mol. The normalized spacial score (nSPS) is 15.7. The third kappa shape index (κ3) is 2.56. The van der Waals surface area contributed by atoms with E-state index in [1.54, 1.807) is 7.11 Å². The van der Waals surface area contributed by atoms with Gasteiger partial charge in [0, 0.05) is 25.1 Å². The molecule has 0 radical (unpaired) electrons. The molecule has 0 aromatic carbocycles. The van der Waals surface area contributed by atoms with E-state index in [1.165, 1.54) is 0 Å². The van der Waals surface area contributed by atoms with Gasteiger partial charge in [0.15, 0.2) is 0 Å². The molecule has 0 saturated carbocycles. The van der Waals surface area contributed by atoms with Crippen molar-refractivity contribution in [3.8, 4) is 5.88 Å². The van der Waals surface area contributed by atoms with Crippen LogP contribution in [0.25, 0.3) is 0 Å². The maximum absolute atomic E-state index is 5.55. The van der Waals surface area contributed by atoms with Gasteiger partial charge in [0.1, 0.15) is 5.82 Å². The van der Waals surface area contributed by atoms with Gasteiger partial charge in [0.2, 0.25) is 5.88 Å². The molecule has 0 aliphatic carbocycles. The second kappa shape index (κ2) is 5.42. The van der Waals surface area contributed by atoms with Gasteiger partial charge >= 0.3 is 0 Å². The summed E-state index contributed by atoms with van der Waals surface area (Å²) in [7, 11) is 1.67. The molecule has 1 aromatic rings. The lowest BCUT2D eigenvalue weighted by molar-refractivity contribution is 0.257. The highest BCUT2D eigenvalue weighted by atomic mass is 16.5. The lowest BCUT2D eigenvalue weighted by Gasteiger charge is -2.27. The number of ether oxygens (including phenoxy) is 1. The molecule has 17 heavy (non-hydrogen) atoms. The molecule has 5 heteroatoms. The van der Waals surface area contributed by atoms with Gasteiger partial charge in [-0.05, 0) is 19.5 Å². The molecule has 1 aromatic heterocycles. The number of aromatic nitrogens is 2. The van der Waals surface area contributed by atoms with E-state index in [9.17, 15) is 0 Å². The second-order valence-corrected chi connectivity index (χ2v) is 4.23. The lowest BCUT2D eigenvalue weighted by atomic mass is 10.1. The molecule has 2 rings (SSSR count). The van der Waals surface area contributed by atoms with E-state index in [2.05, 4.69) is 21.8 Å². The fourth-order valence-electron chi connectivity index (χ4n) is 2.18. The summed E-state index contributed by atoms with van der Waals surface area (Å²) in [5, 5.41) is 0. The van der Waals surface area contributed by atoms with Crippen LogP contribution in [0.2, 0.25) is 0 Å². The van der Waals surface area contributed by atoms with Gasteiger partial charge in [-0.3, -0.25) is 4.90 Å². The van der Waals surface area contributed by atoms with Crippen LogP contribution in [-0.4, -0.2) is 41.6 Å².